The molecule has 4 heteroatoms. The third kappa shape index (κ3) is 3.40. The lowest BCUT2D eigenvalue weighted by Gasteiger charge is -2.11. The molecule has 3 nitrogen and oxygen atoms in total. The second kappa shape index (κ2) is 4.98. The van der Waals surface area contributed by atoms with E-state index in [1.165, 1.54) is 6.07 Å². The third-order valence-corrected chi connectivity index (χ3v) is 2.31. The van der Waals surface area contributed by atoms with Gasteiger partial charge in [-0.25, -0.2) is 4.39 Å². The van der Waals surface area contributed by atoms with E-state index in [1.807, 2.05) is 14.1 Å². The predicted molar refractivity (Wildman–Crippen MR) is 62.1 cm³/mol. The van der Waals surface area contributed by atoms with Crippen molar-refractivity contribution >= 4 is 11.4 Å². The minimum atomic E-state index is -0.441. The van der Waals surface area contributed by atoms with Crippen molar-refractivity contribution in [3.05, 3.63) is 23.5 Å². The van der Waals surface area contributed by atoms with E-state index >= 15 is 0 Å². The highest BCUT2D eigenvalue weighted by molar-refractivity contribution is 5.56. The van der Waals surface area contributed by atoms with Crippen LogP contribution in [0.2, 0.25) is 0 Å². The third-order valence-electron chi connectivity index (χ3n) is 2.31. The molecule has 0 amide bonds. The van der Waals surface area contributed by atoms with E-state index in [9.17, 15) is 4.39 Å². The summed E-state index contributed by atoms with van der Waals surface area (Å²) in [7, 11) is 4.03. The minimum absolute atomic E-state index is 0.170. The summed E-state index contributed by atoms with van der Waals surface area (Å²) in [6.45, 7) is 0.983. The second-order valence-corrected chi connectivity index (χ2v) is 3.98. The zero-order valence-corrected chi connectivity index (χ0v) is 9.26. The fourth-order valence-corrected chi connectivity index (χ4v) is 1.45. The van der Waals surface area contributed by atoms with Gasteiger partial charge in [0.25, 0.3) is 0 Å². The fraction of sp³-hybridized carbons (Fsp3) is 0.455. The van der Waals surface area contributed by atoms with Crippen molar-refractivity contribution in [2.75, 3.05) is 32.1 Å². The van der Waals surface area contributed by atoms with E-state index < -0.39 is 5.82 Å². The van der Waals surface area contributed by atoms with E-state index in [0.29, 0.717) is 5.69 Å². The number of halogens is 1. The zero-order chi connectivity index (χ0) is 11.4. The van der Waals surface area contributed by atoms with Crippen LogP contribution in [0.3, 0.4) is 0 Å². The Morgan fingerprint density at radius 2 is 1.87 bits per heavy atom. The normalized spacial score (nSPS) is 10.9. The van der Waals surface area contributed by atoms with Gasteiger partial charge < -0.3 is 16.4 Å². The first kappa shape index (κ1) is 11.8. The quantitative estimate of drug-likeness (QED) is 0.742. The van der Waals surface area contributed by atoms with Crippen LogP contribution in [-0.4, -0.2) is 25.5 Å². The van der Waals surface area contributed by atoms with Crippen LogP contribution in [0.25, 0.3) is 0 Å². The van der Waals surface area contributed by atoms with Crippen LogP contribution >= 0.6 is 0 Å². The van der Waals surface area contributed by atoms with Crippen LogP contribution in [0.1, 0.15) is 12.0 Å². The highest BCUT2D eigenvalue weighted by Crippen LogP contribution is 2.20. The average Bonchev–Trinajstić information content (AvgIpc) is 2.13. The van der Waals surface area contributed by atoms with Crippen LogP contribution in [0.5, 0.6) is 0 Å². The van der Waals surface area contributed by atoms with Gasteiger partial charge in [0.05, 0.1) is 5.69 Å². The molecule has 0 heterocycles. The van der Waals surface area contributed by atoms with Crippen LogP contribution in [-0.2, 0) is 6.42 Å². The zero-order valence-electron chi connectivity index (χ0n) is 9.26. The monoisotopic (exact) mass is 211 g/mol. The molecule has 84 valence electrons. The Hall–Kier alpha value is -1.29. The maximum atomic E-state index is 13.0. The van der Waals surface area contributed by atoms with Gasteiger partial charge in [-0.3, -0.25) is 0 Å². The lowest BCUT2D eigenvalue weighted by atomic mass is 10.1. The largest absolute Gasteiger partial charge is 0.398 e. The summed E-state index contributed by atoms with van der Waals surface area (Å²) in [6.07, 6.45) is 1.82. The second-order valence-electron chi connectivity index (χ2n) is 3.98. The molecular formula is C11H18FN3. The number of benzene rings is 1. The number of nitrogens with two attached hydrogens (primary N) is 2. The smallest absolute Gasteiger partial charge is 0.148 e. The maximum Gasteiger partial charge on any atom is 0.148 e. The van der Waals surface area contributed by atoms with Crippen molar-refractivity contribution in [1.82, 2.24) is 4.90 Å². The molecule has 0 aromatic heterocycles. The topological polar surface area (TPSA) is 55.3 Å². The maximum absolute atomic E-state index is 13.0. The van der Waals surface area contributed by atoms with Gasteiger partial charge in [0, 0.05) is 5.69 Å². The Balaban J connectivity index is 2.65. The molecule has 1 aromatic rings. The van der Waals surface area contributed by atoms with Crippen molar-refractivity contribution in [2.24, 2.45) is 0 Å². The fourth-order valence-electron chi connectivity index (χ4n) is 1.45. The van der Waals surface area contributed by atoms with E-state index in [-0.39, 0.29) is 5.69 Å². The summed E-state index contributed by atoms with van der Waals surface area (Å²) in [5, 5.41) is 0. The summed E-state index contributed by atoms with van der Waals surface area (Å²) in [4.78, 5) is 2.10. The molecule has 0 unspecified atom stereocenters. The molecule has 4 N–H and O–H groups in total. The van der Waals surface area contributed by atoms with Crippen molar-refractivity contribution < 1.29 is 4.39 Å². The standard InChI is InChI=1S/C11H18FN3/c1-15(2)5-3-4-8-6-11(14)9(12)7-10(8)13/h6-7H,3-5,13-14H2,1-2H3. The van der Waals surface area contributed by atoms with Gasteiger partial charge in [-0.1, -0.05) is 0 Å². The first-order valence-corrected chi connectivity index (χ1v) is 4.99. The molecule has 0 atom stereocenters. The Bertz CT molecular complexity index is 337. The Morgan fingerprint density at radius 3 is 2.47 bits per heavy atom. The molecule has 0 saturated heterocycles. The summed E-state index contributed by atoms with van der Waals surface area (Å²) < 4.78 is 13.0. The van der Waals surface area contributed by atoms with E-state index in [1.54, 1.807) is 6.07 Å². The summed E-state index contributed by atoms with van der Waals surface area (Å²) >= 11 is 0. The number of hydrogen-bond acceptors (Lipinski definition) is 3. The summed E-state index contributed by atoms with van der Waals surface area (Å²) in [5.41, 5.74) is 12.8. The number of hydrogen-bond donors (Lipinski definition) is 2. The Morgan fingerprint density at radius 1 is 1.20 bits per heavy atom. The highest BCUT2D eigenvalue weighted by atomic mass is 19.1. The van der Waals surface area contributed by atoms with Gasteiger partial charge >= 0.3 is 0 Å². The van der Waals surface area contributed by atoms with Crippen molar-refractivity contribution in [2.45, 2.75) is 12.8 Å². The van der Waals surface area contributed by atoms with Crippen molar-refractivity contribution in [3.8, 4) is 0 Å². The number of anilines is 2. The number of rotatable bonds is 4. The van der Waals surface area contributed by atoms with E-state index in [2.05, 4.69) is 4.90 Å². The van der Waals surface area contributed by atoms with Crippen LogP contribution in [0.15, 0.2) is 12.1 Å². The van der Waals surface area contributed by atoms with Gasteiger partial charge in [-0.05, 0) is 51.2 Å². The van der Waals surface area contributed by atoms with Crippen LogP contribution in [0, 0.1) is 5.82 Å². The van der Waals surface area contributed by atoms with Crippen LogP contribution < -0.4 is 11.5 Å². The van der Waals surface area contributed by atoms with Crippen molar-refractivity contribution in [1.29, 1.82) is 0 Å². The summed E-state index contributed by atoms with van der Waals surface area (Å²) in [5.74, 6) is -0.441. The van der Waals surface area contributed by atoms with Gasteiger partial charge in [0.15, 0.2) is 0 Å². The molecule has 0 aliphatic carbocycles. The minimum Gasteiger partial charge on any atom is -0.398 e. The van der Waals surface area contributed by atoms with Gasteiger partial charge in [0.1, 0.15) is 5.82 Å². The summed E-state index contributed by atoms with van der Waals surface area (Å²) in [6, 6.07) is 2.92. The number of aryl methyl sites for hydroxylation is 1. The molecule has 15 heavy (non-hydrogen) atoms. The van der Waals surface area contributed by atoms with Crippen molar-refractivity contribution in [3.63, 3.8) is 0 Å². The van der Waals surface area contributed by atoms with Gasteiger partial charge in [0.2, 0.25) is 0 Å². The number of nitrogens with zero attached hydrogens (tertiary/aromatic N) is 1. The lowest BCUT2D eigenvalue weighted by molar-refractivity contribution is 0.400. The van der Waals surface area contributed by atoms with E-state index in [0.717, 1.165) is 24.9 Å². The molecule has 0 aliphatic heterocycles. The molecule has 0 aliphatic rings. The molecule has 0 fully saturated rings. The van der Waals surface area contributed by atoms with Gasteiger partial charge in [-0.2, -0.15) is 0 Å². The molecule has 0 radical (unpaired) electrons. The van der Waals surface area contributed by atoms with Crippen LogP contribution in [0.4, 0.5) is 15.8 Å². The SMILES string of the molecule is CN(C)CCCc1cc(N)c(F)cc1N. The molecule has 0 saturated carbocycles. The van der Waals surface area contributed by atoms with E-state index in [4.69, 9.17) is 11.5 Å². The Labute approximate surface area is 89.9 Å². The molecule has 1 aromatic carbocycles. The van der Waals surface area contributed by atoms with Gasteiger partial charge in [-0.15, -0.1) is 0 Å². The number of nitrogen functional groups attached to an aromatic ring is 2. The Kier molecular flexibility index (Phi) is 3.91. The molecule has 0 spiro atoms. The average molecular weight is 211 g/mol. The lowest BCUT2D eigenvalue weighted by Crippen LogP contribution is -2.14. The predicted octanol–water partition coefficient (Wildman–Crippen LogP) is 1.48. The molecular weight excluding hydrogens is 193 g/mol. The highest BCUT2D eigenvalue weighted by Gasteiger charge is 2.05. The molecule has 0 bridgehead atoms. The first-order chi connectivity index (χ1) is 7.00. The molecule has 1 rings (SSSR count). The first-order valence-electron chi connectivity index (χ1n) is 4.99.